The van der Waals surface area contributed by atoms with E-state index in [0.29, 0.717) is 24.7 Å². The van der Waals surface area contributed by atoms with Crippen LogP contribution in [0.1, 0.15) is 0 Å². The van der Waals surface area contributed by atoms with Crippen LogP contribution in [-0.2, 0) is 18.8 Å². The van der Waals surface area contributed by atoms with Crippen LogP contribution in [0.2, 0.25) is 0 Å². The van der Waals surface area contributed by atoms with Gasteiger partial charge in [-0.25, -0.2) is 9.97 Å². The average Bonchev–Trinajstić information content (AvgIpc) is 3.53. The lowest BCUT2D eigenvalue weighted by Crippen LogP contribution is -2.24. The van der Waals surface area contributed by atoms with Crippen LogP contribution >= 0.6 is 0 Å². The molecule has 5 aromatic rings. The summed E-state index contributed by atoms with van der Waals surface area (Å²) < 4.78 is 8.81. The Balaban J connectivity index is 1.60. The summed E-state index contributed by atoms with van der Waals surface area (Å²) in [7, 11) is 5.42. The average molecular weight is 445 g/mol. The lowest BCUT2D eigenvalue weighted by atomic mass is 10.1. The van der Waals surface area contributed by atoms with Crippen molar-refractivity contribution in [1.29, 1.82) is 0 Å². The minimum atomic E-state index is 0.173. The summed E-state index contributed by atoms with van der Waals surface area (Å²) in [6, 6.07) is 5.90. The van der Waals surface area contributed by atoms with Gasteiger partial charge >= 0.3 is 0 Å². The lowest BCUT2D eigenvalue weighted by Gasteiger charge is -2.21. The summed E-state index contributed by atoms with van der Waals surface area (Å²) in [6.07, 6.45) is 9.36. The van der Waals surface area contributed by atoms with Crippen molar-refractivity contribution >= 4 is 28.6 Å². The summed E-state index contributed by atoms with van der Waals surface area (Å²) in [5.74, 6) is 1.56. The normalized spacial score (nSPS) is 11.4. The third-order valence-corrected chi connectivity index (χ3v) is 5.35. The van der Waals surface area contributed by atoms with Crippen molar-refractivity contribution in [3.05, 3.63) is 49.2 Å². The Bertz CT molecular complexity index is 1420. The summed E-state index contributed by atoms with van der Waals surface area (Å²) >= 11 is 0. The molecular formula is C22H24N10O. The standard InChI is InChI=1S/C22H24N10O/c1-30-5-4-19(29-30)32(6-7-33-3)20-9-18(27-22(23)28-20)17-12-25-21-16(17)8-14(10-24-21)15-11-26-31(2)13-15/h4-5,8-13H,6-7H2,1-3H3,(H,24,25)(H2,23,27,28). The number of ether oxygens (including phenoxy) is 1. The second-order valence-corrected chi connectivity index (χ2v) is 7.69. The van der Waals surface area contributed by atoms with Crippen molar-refractivity contribution in [2.75, 3.05) is 30.9 Å². The van der Waals surface area contributed by atoms with Crippen LogP contribution in [0.3, 0.4) is 0 Å². The molecule has 0 saturated heterocycles. The first-order chi connectivity index (χ1) is 16.0. The van der Waals surface area contributed by atoms with Crippen LogP contribution in [0.25, 0.3) is 33.4 Å². The van der Waals surface area contributed by atoms with Gasteiger partial charge in [0.1, 0.15) is 11.5 Å². The van der Waals surface area contributed by atoms with Gasteiger partial charge in [0.25, 0.3) is 0 Å². The number of nitrogens with two attached hydrogens (primary N) is 1. The first-order valence-corrected chi connectivity index (χ1v) is 10.4. The van der Waals surface area contributed by atoms with Crippen LogP contribution in [0.15, 0.2) is 49.2 Å². The molecule has 0 radical (unpaired) electrons. The predicted octanol–water partition coefficient (Wildman–Crippen LogP) is 2.52. The summed E-state index contributed by atoms with van der Waals surface area (Å²) in [6.45, 7) is 1.06. The highest BCUT2D eigenvalue weighted by Crippen LogP contribution is 2.32. The van der Waals surface area contributed by atoms with Crippen LogP contribution in [0, 0.1) is 0 Å². The van der Waals surface area contributed by atoms with Gasteiger partial charge in [0.15, 0.2) is 5.82 Å². The van der Waals surface area contributed by atoms with E-state index >= 15 is 0 Å². The van der Waals surface area contributed by atoms with E-state index in [2.05, 4.69) is 36.2 Å². The highest BCUT2D eigenvalue weighted by atomic mass is 16.5. The fourth-order valence-electron chi connectivity index (χ4n) is 3.75. The van der Waals surface area contributed by atoms with Gasteiger partial charge in [0.2, 0.25) is 5.95 Å². The Kier molecular flexibility index (Phi) is 5.23. The van der Waals surface area contributed by atoms with Gasteiger partial charge in [-0.15, -0.1) is 0 Å². The van der Waals surface area contributed by atoms with Gasteiger partial charge in [-0.05, 0) is 6.07 Å². The molecule has 0 saturated carbocycles. The number of H-pyrrole nitrogens is 1. The molecule has 0 amide bonds. The maximum absolute atomic E-state index is 6.14. The predicted molar refractivity (Wildman–Crippen MR) is 126 cm³/mol. The molecule has 5 rings (SSSR count). The Morgan fingerprint density at radius 2 is 1.97 bits per heavy atom. The number of hydrogen-bond donors (Lipinski definition) is 2. The van der Waals surface area contributed by atoms with E-state index in [1.54, 1.807) is 16.5 Å². The number of fused-ring (bicyclic) bond motifs is 1. The number of nitrogen functional groups attached to an aromatic ring is 1. The van der Waals surface area contributed by atoms with Crippen molar-refractivity contribution in [2.45, 2.75) is 0 Å². The molecule has 0 aliphatic rings. The molecule has 0 unspecified atom stereocenters. The van der Waals surface area contributed by atoms with E-state index in [9.17, 15) is 0 Å². The largest absolute Gasteiger partial charge is 0.383 e. The Morgan fingerprint density at radius 1 is 1.09 bits per heavy atom. The van der Waals surface area contributed by atoms with Crippen molar-refractivity contribution in [2.24, 2.45) is 14.1 Å². The van der Waals surface area contributed by atoms with E-state index < -0.39 is 0 Å². The first-order valence-electron chi connectivity index (χ1n) is 10.4. The fraction of sp³-hybridized carbons (Fsp3) is 0.227. The van der Waals surface area contributed by atoms with Gasteiger partial charge in [0.05, 0.1) is 18.5 Å². The Labute approximate surface area is 189 Å². The third kappa shape index (κ3) is 4.01. The van der Waals surface area contributed by atoms with E-state index in [-0.39, 0.29) is 5.95 Å². The molecule has 11 nitrogen and oxygen atoms in total. The number of methoxy groups -OCH3 is 1. The molecule has 0 atom stereocenters. The topological polar surface area (TPSA) is 129 Å². The number of rotatable bonds is 7. The zero-order valence-electron chi connectivity index (χ0n) is 18.6. The van der Waals surface area contributed by atoms with Crippen LogP contribution in [0.5, 0.6) is 0 Å². The SMILES string of the molecule is COCCN(c1cc(-c2c[nH]c3ncc(-c4cnn(C)c4)cc23)nc(N)n1)c1ccn(C)n1. The summed E-state index contributed by atoms with van der Waals surface area (Å²) in [4.78, 5) is 18.8. The Hall–Kier alpha value is -4.25. The zero-order valence-corrected chi connectivity index (χ0v) is 18.6. The zero-order chi connectivity index (χ0) is 22.9. The molecule has 168 valence electrons. The molecular weight excluding hydrogens is 420 g/mol. The molecule has 0 spiro atoms. The number of aromatic amines is 1. The Morgan fingerprint density at radius 3 is 2.70 bits per heavy atom. The van der Waals surface area contributed by atoms with Gasteiger partial charge in [-0.2, -0.15) is 15.2 Å². The van der Waals surface area contributed by atoms with Gasteiger partial charge in [-0.3, -0.25) is 9.36 Å². The number of pyridine rings is 1. The number of aryl methyl sites for hydroxylation is 2. The fourth-order valence-corrected chi connectivity index (χ4v) is 3.75. The molecule has 0 bridgehead atoms. The quantitative estimate of drug-likeness (QED) is 0.392. The molecule has 11 heteroatoms. The number of nitrogens with one attached hydrogen (secondary N) is 1. The van der Waals surface area contributed by atoms with E-state index in [1.807, 2.05) is 62.1 Å². The van der Waals surface area contributed by atoms with E-state index in [4.69, 9.17) is 10.5 Å². The summed E-state index contributed by atoms with van der Waals surface area (Å²) in [5.41, 5.74) is 10.4. The van der Waals surface area contributed by atoms with Crippen LogP contribution in [-0.4, -0.2) is 59.8 Å². The van der Waals surface area contributed by atoms with Crippen molar-refractivity contribution in [3.8, 4) is 22.4 Å². The highest BCUT2D eigenvalue weighted by Gasteiger charge is 2.18. The van der Waals surface area contributed by atoms with Gasteiger partial charge in [0, 0.05) is 86.7 Å². The van der Waals surface area contributed by atoms with Crippen molar-refractivity contribution < 1.29 is 4.74 Å². The first kappa shape index (κ1) is 20.6. The molecule has 5 heterocycles. The minimum Gasteiger partial charge on any atom is -0.383 e. The second-order valence-electron chi connectivity index (χ2n) is 7.69. The number of hydrogen-bond acceptors (Lipinski definition) is 8. The molecule has 0 aliphatic heterocycles. The maximum atomic E-state index is 6.14. The minimum absolute atomic E-state index is 0.173. The smallest absolute Gasteiger partial charge is 0.222 e. The second kappa shape index (κ2) is 8.36. The van der Waals surface area contributed by atoms with Crippen LogP contribution in [0.4, 0.5) is 17.6 Å². The molecule has 3 N–H and O–H groups in total. The number of anilines is 3. The number of nitrogens with zero attached hydrogens (tertiary/aromatic N) is 8. The van der Waals surface area contributed by atoms with Crippen molar-refractivity contribution in [3.63, 3.8) is 0 Å². The molecule has 0 aromatic carbocycles. The van der Waals surface area contributed by atoms with Gasteiger partial charge in [-0.1, -0.05) is 0 Å². The van der Waals surface area contributed by atoms with Crippen molar-refractivity contribution in [1.82, 2.24) is 39.5 Å². The maximum Gasteiger partial charge on any atom is 0.222 e. The molecule has 0 aliphatic carbocycles. The van der Waals surface area contributed by atoms with Crippen LogP contribution < -0.4 is 10.6 Å². The monoisotopic (exact) mass is 444 g/mol. The van der Waals surface area contributed by atoms with Gasteiger partial charge < -0.3 is 20.4 Å². The highest BCUT2D eigenvalue weighted by molar-refractivity contribution is 5.95. The number of aromatic nitrogens is 8. The summed E-state index contributed by atoms with van der Waals surface area (Å²) in [5, 5.41) is 9.71. The lowest BCUT2D eigenvalue weighted by molar-refractivity contribution is 0.207. The molecule has 5 aromatic heterocycles. The van der Waals surface area contributed by atoms with E-state index in [1.165, 1.54) is 0 Å². The molecule has 0 fully saturated rings. The third-order valence-electron chi connectivity index (χ3n) is 5.35. The molecule has 33 heavy (non-hydrogen) atoms. The van der Waals surface area contributed by atoms with E-state index in [0.717, 1.165) is 33.5 Å².